The number of unbranched alkanes of at least 4 members (excludes halogenated alkanes) is 1. The average molecular weight is 327 g/mol. The number of esters is 1. The van der Waals surface area contributed by atoms with Gasteiger partial charge in [0.25, 0.3) is 0 Å². The van der Waals surface area contributed by atoms with Crippen molar-refractivity contribution < 1.29 is 9.53 Å². The Kier molecular flexibility index (Phi) is 4.36. The zero-order valence-corrected chi connectivity index (χ0v) is 12.2. The van der Waals surface area contributed by atoms with Crippen LogP contribution in [-0.2, 0) is 16.1 Å². The molecule has 0 spiro atoms. The second-order valence-corrected chi connectivity index (χ2v) is 4.99. The van der Waals surface area contributed by atoms with Gasteiger partial charge in [0.15, 0.2) is 0 Å². The molecule has 0 radical (unpaired) electrons. The van der Waals surface area contributed by atoms with Crippen LogP contribution in [0.25, 0.3) is 11.0 Å². The van der Waals surface area contributed by atoms with Gasteiger partial charge in [0.2, 0.25) is 0 Å². The van der Waals surface area contributed by atoms with Crippen LogP contribution < -0.4 is 5.73 Å². The smallest absolute Gasteiger partial charge is 0.326 e. The maximum absolute atomic E-state index is 11.7. The first-order valence-electron chi connectivity index (χ1n) is 6.04. The first kappa shape index (κ1) is 13.8. The molecule has 0 atom stereocenters. The van der Waals surface area contributed by atoms with Crippen molar-refractivity contribution in [2.75, 3.05) is 12.3 Å². The first-order valence-corrected chi connectivity index (χ1v) is 6.83. The molecule has 2 aromatic rings. The van der Waals surface area contributed by atoms with E-state index in [9.17, 15) is 4.79 Å². The Morgan fingerprint density at radius 1 is 1.53 bits per heavy atom. The molecule has 102 valence electrons. The summed E-state index contributed by atoms with van der Waals surface area (Å²) in [6.45, 7) is 2.61. The second-order valence-electron chi connectivity index (χ2n) is 4.14. The molecule has 2 N–H and O–H groups in total. The highest BCUT2D eigenvalue weighted by molar-refractivity contribution is 9.10. The Morgan fingerprint density at radius 3 is 3.05 bits per heavy atom. The molecule has 6 nitrogen and oxygen atoms in total. The highest BCUT2D eigenvalue weighted by Crippen LogP contribution is 2.28. The van der Waals surface area contributed by atoms with E-state index in [4.69, 9.17) is 10.5 Å². The number of nitrogens with two attached hydrogens (primary N) is 1. The van der Waals surface area contributed by atoms with E-state index in [0.29, 0.717) is 23.5 Å². The van der Waals surface area contributed by atoms with Gasteiger partial charge in [-0.1, -0.05) is 13.3 Å². The number of fused-ring (bicyclic) bond motifs is 1. The number of nitrogens with zero attached hydrogens (tertiary/aromatic N) is 3. The van der Waals surface area contributed by atoms with Gasteiger partial charge in [-0.2, -0.15) is 0 Å². The Labute approximate surface area is 119 Å². The summed E-state index contributed by atoms with van der Waals surface area (Å²) >= 11 is 3.39. The fraction of sp³-hybridized carbons (Fsp3) is 0.417. The predicted octanol–water partition coefficient (Wildman–Crippen LogP) is 2.12. The Balaban J connectivity index is 2.17. The van der Waals surface area contributed by atoms with E-state index in [1.165, 1.54) is 6.33 Å². The highest BCUT2D eigenvalue weighted by atomic mass is 79.9. The third-order valence-electron chi connectivity index (χ3n) is 2.70. The van der Waals surface area contributed by atoms with Crippen molar-refractivity contribution in [3.05, 3.63) is 17.0 Å². The molecule has 7 heteroatoms. The maximum Gasteiger partial charge on any atom is 0.326 e. The molecule has 2 heterocycles. The van der Waals surface area contributed by atoms with Crippen LogP contribution >= 0.6 is 15.9 Å². The SMILES string of the molecule is CCCCOC(=O)Cn1cc(Br)c2c(N)ncnc21. The third-order valence-corrected chi connectivity index (χ3v) is 3.30. The lowest BCUT2D eigenvalue weighted by molar-refractivity contribution is -0.144. The van der Waals surface area contributed by atoms with Gasteiger partial charge in [-0.15, -0.1) is 0 Å². The number of ether oxygens (including phenoxy) is 1. The van der Waals surface area contributed by atoms with Crippen molar-refractivity contribution in [2.45, 2.75) is 26.3 Å². The van der Waals surface area contributed by atoms with Gasteiger partial charge in [0, 0.05) is 10.7 Å². The molecule has 0 unspecified atom stereocenters. The van der Waals surface area contributed by atoms with E-state index in [1.54, 1.807) is 10.8 Å². The van der Waals surface area contributed by atoms with Crippen molar-refractivity contribution >= 4 is 38.8 Å². The summed E-state index contributed by atoms with van der Waals surface area (Å²) < 4.78 is 7.59. The quantitative estimate of drug-likeness (QED) is 0.672. The topological polar surface area (TPSA) is 83.0 Å². The van der Waals surface area contributed by atoms with E-state index in [0.717, 1.165) is 17.3 Å². The summed E-state index contributed by atoms with van der Waals surface area (Å²) in [5.74, 6) is 0.102. The summed E-state index contributed by atoms with van der Waals surface area (Å²) in [7, 11) is 0. The van der Waals surface area contributed by atoms with Crippen molar-refractivity contribution in [3.63, 3.8) is 0 Å². The van der Waals surface area contributed by atoms with Crippen molar-refractivity contribution in [2.24, 2.45) is 0 Å². The normalized spacial score (nSPS) is 10.8. The van der Waals surface area contributed by atoms with Crippen molar-refractivity contribution in [3.8, 4) is 0 Å². The molecule has 2 rings (SSSR count). The van der Waals surface area contributed by atoms with Crippen LogP contribution in [0.15, 0.2) is 17.0 Å². The molecular formula is C12H15BrN4O2. The minimum Gasteiger partial charge on any atom is -0.464 e. The Morgan fingerprint density at radius 2 is 2.32 bits per heavy atom. The van der Waals surface area contributed by atoms with Gasteiger partial charge >= 0.3 is 5.97 Å². The number of anilines is 1. The fourth-order valence-electron chi connectivity index (χ4n) is 1.73. The monoisotopic (exact) mass is 326 g/mol. The molecule has 0 saturated carbocycles. The van der Waals surface area contributed by atoms with Crippen molar-refractivity contribution in [1.82, 2.24) is 14.5 Å². The van der Waals surface area contributed by atoms with Crippen LogP contribution in [0.2, 0.25) is 0 Å². The summed E-state index contributed by atoms with van der Waals surface area (Å²) in [5.41, 5.74) is 6.41. The number of halogens is 1. The molecule has 0 aromatic carbocycles. The first-order chi connectivity index (χ1) is 9.13. The number of nitrogen functional groups attached to an aromatic ring is 1. The van der Waals surface area contributed by atoms with Gasteiger partial charge in [0.1, 0.15) is 24.3 Å². The summed E-state index contributed by atoms with van der Waals surface area (Å²) in [4.78, 5) is 19.8. The largest absolute Gasteiger partial charge is 0.464 e. The molecule has 0 fully saturated rings. The van der Waals surface area contributed by atoms with Gasteiger partial charge in [0.05, 0.1) is 12.0 Å². The molecule has 19 heavy (non-hydrogen) atoms. The zero-order valence-electron chi connectivity index (χ0n) is 10.6. The number of rotatable bonds is 5. The lowest BCUT2D eigenvalue weighted by Gasteiger charge is -2.05. The molecule has 0 bridgehead atoms. The highest BCUT2D eigenvalue weighted by Gasteiger charge is 2.14. The molecule has 2 aromatic heterocycles. The van der Waals surface area contributed by atoms with E-state index < -0.39 is 0 Å². The average Bonchev–Trinajstić information content (AvgIpc) is 2.68. The molecule has 0 saturated heterocycles. The molecular weight excluding hydrogens is 312 g/mol. The van der Waals surface area contributed by atoms with Gasteiger partial charge in [-0.25, -0.2) is 9.97 Å². The Hall–Kier alpha value is -1.63. The number of hydrogen-bond acceptors (Lipinski definition) is 5. The van der Waals surface area contributed by atoms with E-state index in [1.807, 2.05) is 6.92 Å². The van der Waals surface area contributed by atoms with Crippen molar-refractivity contribution in [1.29, 1.82) is 0 Å². The minimum absolute atomic E-state index is 0.113. The minimum atomic E-state index is -0.282. The van der Waals surface area contributed by atoms with Crippen LogP contribution in [0, 0.1) is 0 Å². The van der Waals surface area contributed by atoms with E-state index >= 15 is 0 Å². The van der Waals surface area contributed by atoms with Gasteiger partial charge in [-0.05, 0) is 22.4 Å². The predicted molar refractivity (Wildman–Crippen MR) is 75.5 cm³/mol. The number of carbonyl (C=O) groups excluding carboxylic acids is 1. The third kappa shape index (κ3) is 3.04. The lowest BCUT2D eigenvalue weighted by Crippen LogP contribution is -2.14. The standard InChI is InChI=1S/C12H15BrN4O2/c1-2-3-4-19-9(18)6-17-5-8(13)10-11(14)15-7-16-12(10)17/h5,7H,2-4,6H2,1H3,(H2,14,15,16). The number of hydrogen-bond donors (Lipinski definition) is 1. The van der Waals surface area contributed by atoms with Crippen LogP contribution in [0.1, 0.15) is 19.8 Å². The lowest BCUT2D eigenvalue weighted by atomic mass is 10.4. The molecule has 0 aliphatic heterocycles. The van der Waals surface area contributed by atoms with Gasteiger partial charge in [-0.3, -0.25) is 4.79 Å². The fourth-order valence-corrected chi connectivity index (χ4v) is 2.36. The van der Waals surface area contributed by atoms with E-state index in [2.05, 4.69) is 25.9 Å². The van der Waals surface area contributed by atoms with E-state index in [-0.39, 0.29) is 12.5 Å². The summed E-state index contributed by atoms with van der Waals surface area (Å²) in [6, 6.07) is 0. The van der Waals surface area contributed by atoms with Crippen LogP contribution in [-0.4, -0.2) is 27.1 Å². The van der Waals surface area contributed by atoms with Crippen LogP contribution in [0.5, 0.6) is 0 Å². The number of carbonyl (C=O) groups is 1. The Bertz CT molecular complexity index is 597. The molecule has 0 aliphatic carbocycles. The maximum atomic E-state index is 11.7. The molecule has 0 aliphatic rings. The zero-order chi connectivity index (χ0) is 13.8. The summed E-state index contributed by atoms with van der Waals surface area (Å²) in [5, 5.41) is 0.712. The van der Waals surface area contributed by atoms with Crippen LogP contribution in [0.3, 0.4) is 0 Å². The number of aromatic nitrogens is 3. The van der Waals surface area contributed by atoms with Crippen LogP contribution in [0.4, 0.5) is 5.82 Å². The van der Waals surface area contributed by atoms with Gasteiger partial charge < -0.3 is 15.0 Å². The molecule has 0 amide bonds. The second kappa shape index (κ2) is 6.01. The summed E-state index contributed by atoms with van der Waals surface area (Å²) in [6.07, 6.45) is 5.01.